The topological polar surface area (TPSA) is 35.6 Å². The fourth-order valence-corrected chi connectivity index (χ4v) is 2.84. The Kier molecular flexibility index (Phi) is 8.86. The van der Waals surface area contributed by atoms with Gasteiger partial charge in [-0.1, -0.05) is 26.7 Å². The van der Waals surface area contributed by atoms with Crippen LogP contribution in [-0.4, -0.2) is 61.0 Å². The highest BCUT2D eigenvalue weighted by Crippen LogP contribution is 2.10. The van der Waals surface area contributed by atoms with Gasteiger partial charge in [-0.3, -0.25) is 4.79 Å². The van der Waals surface area contributed by atoms with Crippen LogP contribution in [0.15, 0.2) is 0 Å². The maximum atomic E-state index is 12.4. The smallest absolute Gasteiger partial charge is 0.239 e. The van der Waals surface area contributed by atoms with Crippen LogP contribution in [0.3, 0.4) is 0 Å². The van der Waals surface area contributed by atoms with E-state index in [0.717, 1.165) is 39.3 Å². The number of hydrogen-bond donors (Lipinski definition) is 1. The lowest BCUT2D eigenvalue weighted by Gasteiger charge is -2.26. The molecule has 1 aliphatic heterocycles. The van der Waals surface area contributed by atoms with E-state index in [1.54, 1.807) is 0 Å². The van der Waals surface area contributed by atoms with E-state index in [0.29, 0.717) is 0 Å². The molecular weight excluding hydrogens is 250 g/mol. The van der Waals surface area contributed by atoms with Crippen molar-refractivity contribution in [3.05, 3.63) is 0 Å². The lowest BCUT2D eigenvalue weighted by molar-refractivity contribution is -0.133. The van der Waals surface area contributed by atoms with Crippen LogP contribution in [-0.2, 0) is 4.79 Å². The number of likely N-dealkylation sites (tertiary alicyclic amines) is 1. The maximum Gasteiger partial charge on any atom is 0.239 e. The van der Waals surface area contributed by atoms with E-state index in [9.17, 15) is 4.79 Å². The standard InChI is InChI=1S/C16H33N3O/c1-4-11-18(5-2)14-10-17-15(3)16(20)19-12-8-6-7-9-13-19/h15,17H,4-14H2,1-3H3. The highest BCUT2D eigenvalue weighted by atomic mass is 16.2. The largest absolute Gasteiger partial charge is 0.341 e. The van der Waals surface area contributed by atoms with Crippen molar-refractivity contribution in [3.63, 3.8) is 0 Å². The van der Waals surface area contributed by atoms with Gasteiger partial charge in [0.15, 0.2) is 0 Å². The van der Waals surface area contributed by atoms with E-state index in [-0.39, 0.29) is 11.9 Å². The van der Waals surface area contributed by atoms with Gasteiger partial charge in [0.1, 0.15) is 0 Å². The third-order valence-electron chi connectivity index (χ3n) is 4.15. The first-order chi connectivity index (χ1) is 9.69. The van der Waals surface area contributed by atoms with Crippen LogP contribution < -0.4 is 5.32 Å². The van der Waals surface area contributed by atoms with Crippen molar-refractivity contribution in [2.45, 2.75) is 58.9 Å². The van der Waals surface area contributed by atoms with Crippen molar-refractivity contribution in [1.82, 2.24) is 15.1 Å². The third kappa shape index (κ3) is 6.23. The zero-order valence-electron chi connectivity index (χ0n) is 13.7. The molecular formula is C16H33N3O. The lowest BCUT2D eigenvalue weighted by Crippen LogP contribution is -2.47. The molecule has 0 aromatic carbocycles. The van der Waals surface area contributed by atoms with Crippen molar-refractivity contribution >= 4 is 5.91 Å². The summed E-state index contributed by atoms with van der Waals surface area (Å²) in [4.78, 5) is 16.8. The van der Waals surface area contributed by atoms with E-state index >= 15 is 0 Å². The number of hydrogen-bond acceptors (Lipinski definition) is 3. The molecule has 1 heterocycles. The molecule has 118 valence electrons. The second-order valence-corrected chi connectivity index (χ2v) is 5.85. The molecule has 20 heavy (non-hydrogen) atoms. The first-order valence-corrected chi connectivity index (χ1v) is 8.43. The highest BCUT2D eigenvalue weighted by Gasteiger charge is 2.20. The van der Waals surface area contributed by atoms with Gasteiger partial charge in [0.2, 0.25) is 5.91 Å². The van der Waals surface area contributed by atoms with E-state index in [4.69, 9.17) is 0 Å². The Labute approximate surface area is 124 Å². The van der Waals surface area contributed by atoms with Gasteiger partial charge in [0, 0.05) is 26.2 Å². The van der Waals surface area contributed by atoms with Gasteiger partial charge in [-0.25, -0.2) is 0 Å². The minimum absolute atomic E-state index is 0.0477. The molecule has 0 bridgehead atoms. The summed E-state index contributed by atoms with van der Waals surface area (Å²) in [6.45, 7) is 12.5. The van der Waals surface area contributed by atoms with Crippen LogP contribution in [0.25, 0.3) is 0 Å². The molecule has 1 atom stereocenters. The Morgan fingerprint density at radius 1 is 1.15 bits per heavy atom. The van der Waals surface area contributed by atoms with Crippen LogP contribution in [0.5, 0.6) is 0 Å². The summed E-state index contributed by atoms with van der Waals surface area (Å²) >= 11 is 0. The molecule has 0 spiro atoms. The zero-order valence-corrected chi connectivity index (χ0v) is 13.7. The Balaban J connectivity index is 2.26. The molecule has 1 N–H and O–H groups in total. The molecule has 4 heteroatoms. The molecule has 1 unspecified atom stereocenters. The predicted octanol–water partition coefficient (Wildman–Crippen LogP) is 2.10. The quantitative estimate of drug-likeness (QED) is 0.741. The number of amides is 1. The number of likely N-dealkylation sites (N-methyl/N-ethyl adjacent to an activating group) is 1. The van der Waals surface area contributed by atoms with Crippen LogP contribution in [0.2, 0.25) is 0 Å². The van der Waals surface area contributed by atoms with E-state index in [2.05, 4.69) is 24.1 Å². The minimum Gasteiger partial charge on any atom is -0.341 e. The average molecular weight is 283 g/mol. The highest BCUT2D eigenvalue weighted by molar-refractivity contribution is 5.81. The Bertz CT molecular complexity index is 262. The summed E-state index contributed by atoms with van der Waals surface area (Å²) in [7, 11) is 0. The molecule has 0 aromatic rings. The number of carbonyl (C=O) groups is 1. The second kappa shape index (κ2) is 10.2. The van der Waals surface area contributed by atoms with Gasteiger partial charge in [-0.05, 0) is 39.3 Å². The second-order valence-electron chi connectivity index (χ2n) is 5.85. The summed E-state index contributed by atoms with van der Waals surface area (Å²) in [5.41, 5.74) is 0. The summed E-state index contributed by atoms with van der Waals surface area (Å²) in [6, 6.07) is -0.0477. The molecule has 4 nitrogen and oxygen atoms in total. The van der Waals surface area contributed by atoms with E-state index in [1.165, 1.54) is 32.1 Å². The first-order valence-electron chi connectivity index (χ1n) is 8.43. The summed E-state index contributed by atoms with van der Waals surface area (Å²) in [5, 5.41) is 3.39. The SMILES string of the molecule is CCCN(CC)CCNC(C)C(=O)N1CCCCCC1. The minimum atomic E-state index is -0.0477. The third-order valence-corrected chi connectivity index (χ3v) is 4.15. The van der Waals surface area contributed by atoms with Crippen LogP contribution in [0, 0.1) is 0 Å². The lowest BCUT2D eigenvalue weighted by atomic mass is 10.2. The van der Waals surface area contributed by atoms with Gasteiger partial charge >= 0.3 is 0 Å². The molecule has 1 rings (SSSR count). The van der Waals surface area contributed by atoms with E-state index < -0.39 is 0 Å². The summed E-state index contributed by atoms with van der Waals surface area (Å²) in [6.07, 6.45) is 6.06. The molecule has 1 fully saturated rings. The number of nitrogens with one attached hydrogen (secondary N) is 1. The van der Waals surface area contributed by atoms with Gasteiger partial charge in [-0.2, -0.15) is 0 Å². The fraction of sp³-hybridized carbons (Fsp3) is 0.938. The predicted molar refractivity (Wildman–Crippen MR) is 84.9 cm³/mol. The van der Waals surface area contributed by atoms with Crippen molar-refractivity contribution in [1.29, 1.82) is 0 Å². The van der Waals surface area contributed by atoms with Crippen molar-refractivity contribution < 1.29 is 4.79 Å². The average Bonchev–Trinajstić information content (AvgIpc) is 2.74. The summed E-state index contributed by atoms with van der Waals surface area (Å²) in [5.74, 6) is 0.283. The maximum absolute atomic E-state index is 12.4. The van der Waals surface area contributed by atoms with Gasteiger partial charge in [0.25, 0.3) is 0 Å². The monoisotopic (exact) mass is 283 g/mol. The molecule has 0 aliphatic carbocycles. The Hall–Kier alpha value is -0.610. The van der Waals surface area contributed by atoms with E-state index in [1.807, 2.05) is 11.8 Å². The van der Waals surface area contributed by atoms with Crippen LogP contribution >= 0.6 is 0 Å². The van der Waals surface area contributed by atoms with Crippen LogP contribution in [0.4, 0.5) is 0 Å². The Morgan fingerprint density at radius 2 is 1.80 bits per heavy atom. The fourth-order valence-electron chi connectivity index (χ4n) is 2.84. The zero-order chi connectivity index (χ0) is 14.8. The molecule has 1 saturated heterocycles. The molecule has 0 saturated carbocycles. The van der Waals surface area contributed by atoms with Crippen LogP contribution in [0.1, 0.15) is 52.9 Å². The van der Waals surface area contributed by atoms with Gasteiger partial charge in [0.05, 0.1) is 6.04 Å². The van der Waals surface area contributed by atoms with Gasteiger partial charge in [-0.15, -0.1) is 0 Å². The normalized spacial score (nSPS) is 18.1. The van der Waals surface area contributed by atoms with Crippen molar-refractivity contribution in [2.75, 3.05) is 39.3 Å². The van der Waals surface area contributed by atoms with Crippen molar-refractivity contribution in [2.24, 2.45) is 0 Å². The first kappa shape index (κ1) is 17.4. The number of nitrogens with zero attached hydrogens (tertiary/aromatic N) is 2. The molecule has 1 amide bonds. The van der Waals surface area contributed by atoms with Gasteiger partial charge < -0.3 is 15.1 Å². The summed E-state index contributed by atoms with van der Waals surface area (Å²) < 4.78 is 0. The van der Waals surface area contributed by atoms with Crippen molar-refractivity contribution in [3.8, 4) is 0 Å². The molecule has 1 aliphatic rings. The molecule has 0 aromatic heterocycles. The number of rotatable bonds is 8. The molecule has 0 radical (unpaired) electrons. The number of carbonyl (C=O) groups excluding carboxylic acids is 1. The Morgan fingerprint density at radius 3 is 2.35 bits per heavy atom.